The molecule has 0 radical (unpaired) electrons. The first-order valence-corrected chi connectivity index (χ1v) is 17.5. The summed E-state index contributed by atoms with van der Waals surface area (Å²) in [6.07, 6.45) is 7.07. The summed E-state index contributed by atoms with van der Waals surface area (Å²) in [7, 11) is -3.88. The molecule has 2 aromatic rings. The molecule has 2 N–H and O–H groups in total. The molecule has 42 heavy (non-hydrogen) atoms. The van der Waals surface area contributed by atoms with Crippen LogP contribution < -0.4 is 14.4 Å². The van der Waals surface area contributed by atoms with Crippen LogP contribution in [0.5, 0.6) is 5.75 Å². The number of benzene rings is 2. The molecule has 3 unspecified atom stereocenters. The minimum absolute atomic E-state index is 0.121. The monoisotopic (exact) mass is 616 g/mol. The molecule has 1 aliphatic carbocycles. The maximum atomic E-state index is 13.3. The third kappa shape index (κ3) is 6.92. The van der Waals surface area contributed by atoms with E-state index in [9.17, 15) is 18.3 Å². The summed E-state index contributed by atoms with van der Waals surface area (Å²) in [6, 6.07) is 11.2. The van der Waals surface area contributed by atoms with E-state index >= 15 is 0 Å². The molecule has 230 valence electrons. The third-order valence-electron chi connectivity index (χ3n) is 10.1. The molecule has 2 aromatic carbocycles. The van der Waals surface area contributed by atoms with E-state index in [-0.39, 0.29) is 11.8 Å². The van der Waals surface area contributed by atoms with Crippen molar-refractivity contribution in [2.45, 2.75) is 90.1 Å². The van der Waals surface area contributed by atoms with Gasteiger partial charge in [0, 0.05) is 23.7 Å². The van der Waals surface area contributed by atoms with Crippen molar-refractivity contribution in [2.24, 2.45) is 23.7 Å². The number of ether oxygens (including phenoxy) is 1. The van der Waals surface area contributed by atoms with Crippen LogP contribution in [0.3, 0.4) is 0 Å². The number of carbonyl (C=O) groups excluding carboxylic acids is 1. The van der Waals surface area contributed by atoms with Crippen LogP contribution >= 0.6 is 11.6 Å². The lowest BCUT2D eigenvalue weighted by atomic mass is 9.64. The van der Waals surface area contributed by atoms with Gasteiger partial charge in [0.05, 0.1) is 17.0 Å². The Hall–Kier alpha value is -2.29. The summed E-state index contributed by atoms with van der Waals surface area (Å²) in [6.45, 7) is 7.47. The second kappa shape index (κ2) is 13.1. The maximum absolute atomic E-state index is 13.3. The molecule has 0 aromatic heterocycles. The van der Waals surface area contributed by atoms with Gasteiger partial charge in [-0.3, -0.25) is 4.79 Å². The van der Waals surface area contributed by atoms with Gasteiger partial charge in [0.1, 0.15) is 12.4 Å². The Morgan fingerprint density at radius 3 is 2.57 bits per heavy atom. The molecule has 2 aliphatic heterocycles. The Balaban J connectivity index is 1.54. The molecule has 2 bridgehead atoms. The van der Waals surface area contributed by atoms with Crippen LogP contribution in [0.1, 0.15) is 87.2 Å². The van der Waals surface area contributed by atoms with Gasteiger partial charge in [0.15, 0.2) is 0 Å². The number of nitrogens with zero attached hydrogens (tertiary/aromatic N) is 1. The number of halogens is 1. The standard InChI is InChI=1S/C33H45ClN2O5S/c1-21-7-6-9-29(22(2)37)30-14-11-26(30)19-36-16-5-4-8-24-17-28(34)13-10-27(24)20-41-32-15-12-25(18-31(32)36)33(38)35-42(39,40)23(21)3/h10,12-13,15,17-18,21-23,26,29-30,37H,4-9,11,14,16,19-20H2,1-3H3,(H,35,38)/t21?,22-,23+,26?,29+,30?/m0/s1. The number of sulfonamides is 1. The summed E-state index contributed by atoms with van der Waals surface area (Å²) in [5.41, 5.74) is 3.38. The highest BCUT2D eigenvalue weighted by atomic mass is 35.5. The molecule has 5 rings (SSSR count). The van der Waals surface area contributed by atoms with Crippen molar-refractivity contribution in [3.8, 4) is 5.75 Å². The van der Waals surface area contributed by atoms with Crippen LogP contribution in [-0.2, 0) is 23.1 Å². The van der Waals surface area contributed by atoms with Crippen molar-refractivity contribution in [3.63, 3.8) is 0 Å². The molecule has 6 atom stereocenters. The number of anilines is 1. The minimum atomic E-state index is -3.88. The fourth-order valence-electron chi connectivity index (χ4n) is 7.06. The van der Waals surface area contributed by atoms with Gasteiger partial charge in [-0.1, -0.05) is 31.0 Å². The van der Waals surface area contributed by atoms with Gasteiger partial charge in [0.25, 0.3) is 5.91 Å². The van der Waals surface area contributed by atoms with Gasteiger partial charge < -0.3 is 14.7 Å². The van der Waals surface area contributed by atoms with Crippen molar-refractivity contribution in [2.75, 3.05) is 18.0 Å². The fourth-order valence-corrected chi connectivity index (χ4v) is 8.56. The predicted molar refractivity (Wildman–Crippen MR) is 168 cm³/mol. The highest BCUT2D eigenvalue weighted by Gasteiger charge is 2.40. The van der Waals surface area contributed by atoms with Gasteiger partial charge >= 0.3 is 0 Å². The number of aliphatic hydroxyl groups excluding tert-OH is 1. The highest BCUT2D eigenvalue weighted by molar-refractivity contribution is 7.90. The third-order valence-corrected chi connectivity index (χ3v) is 12.2. The summed E-state index contributed by atoms with van der Waals surface area (Å²) >= 11 is 6.32. The van der Waals surface area contributed by atoms with E-state index in [0.717, 1.165) is 75.7 Å². The second-order valence-electron chi connectivity index (χ2n) is 12.8. The molecule has 3 aliphatic rings. The Morgan fingerprint density at radius 1 is 1.02 bits per heavy atom. The molecule has 1 saturated carbocycles. The zero-order chi connectivity index (χ0) is 30.0. The van der Waals surface area contributed by atoms with Crippen LogP contribution in [0.25, 0.3) is 0 Å². The molecule has 1 amide bonds. The number of hydrogen-bond acceptors (Lipinski definition) is 6. The minimum Gasteiger partial charge on any atom is -0.487 e. The van der Waals surface area contributed by atoms with Gasteiger partial charge in [-0.25, -0.2) is 13.1 Å². The van der Waals surface area contributed by atoms with E-state index in [1.54, 1.807) is 25.1 Å². The summed E-state index contributed by atoms with van der Waals surface area (Å²) in [5, 5.41) is 10.8. The number of aryl methyl sites for hydroxylation is 1. The molecule has 0 spiro atoms. The normalized spacial score (nSPS) is 29.4. The zero-order valence-corrected chi connectivity index (χ0v) is 26.6. The second-order valence-corrected chi connectivity index (χ2v) is 15.3. The summed E-state index contributed by atoms with van der Waals surface area (Å²) in [4.78, 5) is 15.7. The maximum Gasteiger partial charge on any atom is 0.264 e. The Bertz CT molecular complexity index is 1380. The van der Waals surface area contributed by atoms with Gasteiger partial charge in [-0.2, -0.15) is 0 Å². The molecular formula is C33H45ClN2O5S. The molecule has 0 saturated heterocycles. The number of nitrogens with one attached hydrogen (secondary N) is 1. The average Bonchev–Trinajstić information content (AvgIpc) is 2.96. The first-order chi connectivity index (χ1) is 20.0. The van der Waals surface area contributed by atoms with Crippen molar-refractivity contribution in [3.05, 3.63) is 58.1 Å². The lowest BCUT2D eigenvalue weighted by molar-refractivity contribution is 0.0115. The van der Waals surface area contributed by atoms with Crippen molar-refractivity contribution in [1.82, 2.24) is 4.72 Å². The van der Waals surface area contributed by atoms with E-state index in [1.807, 2.05) is 32.0 Å². The van der Waals surface area contributed by atoms with Gasteiger partial charge in [0.2, 0.25) is 10.0 Å². The zero-order valence-electron chi connectivity index (χ0n) is 25.0. The lowest BCUT2D eigenvalue weighted by Crippen LogP contribution is -2.44. The Morgan fingerprint density at radius 2 is 1.83 bits per heavy atom. The van der Waals surface area contributed by atoms with E-state index in [1.165, 1.54) is 5.56 Å². The van der Waals surface area contributed by atoms with Crippen molar-refractivity contribution in [1.29, 1.82) is 0 Å². The van der Waals surface area contributed by atoms with Crippen LogP contribution in [-0.4, -0.2) is 43.9 Å². The van der Waals surface area contributed by atoms with Gasteiger partial charge in [-0.05, 0) is 124 Å². The van der Waals surface area contributed by atoms with Crippen molar-refractivity contribution >= 4 is 33.2 Å². The predicted octanol–water partition coefficient (Wildman–Crippen LogP) is 6.35. The first kappa shape index (κ1) is 31.1. The Labute approximate surface area is 256 Å². The molecule has 2 heterocycles. The van der Waals surface area contributed by atoms with Crippen LogP contribution in [0, 0.1) is 23.7 Å². The number of amides is 1. The molecule has 1 fully saturated rings. The van der Waals surface area contributed by atoms with E-state index in [2.05, 4.69) is 9.62 Å². The van der Waals surface area contributed by atoms with E-state index < -0.39 is 27.3 Å². The number of aliphatic hydroxyl groups is 1. The van der Waals surface area contributed by atoms with Crippen LogP contribution in [0.2, 0.25) is 5.02 Å². The van der Waals surface area contributed by atoms with Crippen molar-refractivity contribution < 1.29 is 23.1 Å². The van der Waals surface area contributed by atoms with Crippen LogP contribution in [0.4, 0.5) is 5.69 Å². The molecule has 7 nitrogen and oxygen atoms in total. The summed E-state index contributed by atoms with van der Waals surface area (Å²) in [5.74, 6) is 0.956. The van der Waals surface area contributed by atoms with Crippen LogP contribution in [0.15, 0.2) is 36.4 Å². The van der Waals surface area contributed by atoms with E-state index in [4.69, 9.17) is 16.3 Å². The smallest absolute Gasteiger partial charge is 0.264 e. The Kier molecular flexibility index (Phi) is 9.75. The summed E-state index contributed by atoms with van der Waals surface area (Å²) < 4.78 is 35.2. The average molecular weight is 617 g/mol. The highest BCUT2D eigenvalue weighted by Crippen LogP contribution is 2.45. The van der Waals surface area contributed by atoms with Gasteiger partial charge in [-0.15, -0.1) is 0 Å². The first-order valence-electron chi connectivity index (χ1n) is 15.6. The number of hydrogen-bond donors (Lipinski definition) is 2. The number of carbonyl (C=O) groups is 1. The lowest BCUT2D eigenvalue weighted by Gasteiger charge is -2.46. The largest absolute Gasteiger partial charge is 0.487 e. The number of rotatable bonds is 1. The molecule has 9 heteroatoms. The molecular weight excluding hydrogens is 572 g/mol. The number of fused-ring (bicyclic) bond motifs is 3. The quantitative estimate of drug-likeness (QED) is 0.387. The van der Waals surface area contributed by atoms with E-state index in [0.29, 0.717) is 34.8 Å². The SMILES string of the molecule is CC1CCC[C@H]([C@H](C)O)C2CCC2CN2CCCCc3cc(Cl)ccc3COc3ccc(cc32)C(=O)NS(=O)(=O)[C@@H]1C. The fraction of sp³-hybridized carbons (Fsp3) is 0.606. The topological polar surface area (TPSA) is 95.9 Å².